The highest BCUT2D eigenvalue weighted by Crippen LogP contribution is 2.37. The quantitative estimate of drug-likeness (QED) is 0.559. The summed E-state index contributed by atoms with van der Waals surface area (Å²) in [6.45, 7) is 7.86. The molecule has 3 aromatic rings. The van der Waals surface area contributed by atoms with Crippen molar-refractivity contribution in [2.75, 3.05) is 14.2 Å². The number of hydrogen-bond donors (Lipinski definition) is 2. The van der Waals surface area contributed by atoms with Gasteiger partial charge >= 0.3 is 0 Å². The Labute approximate surface area is 200 Å². The molecular formula is C28H32O6. The second-order valence-electron chi connectivity index (χ2n) is 8.54. The molecule has 2 aromatic carbocycles. The van der Waals surface area contributed by atoms with Crippen LogP contribution in [0.1, 0.15) is 51.2 Å². The molecule has 0 fully saturated rings. The number of hydrogen-bond acceptors (Lipinski definition) is 6. The first-order chi connectivity index (χ1) is 16.2. The molecule has 0 spiro atoms. The normalized spacial score (nSPS) is 17.8. The Bertz CT molecular complexity index is 1180. The minimum Gasteiger partial charge on any atom is -0.496 e. The van der Waals surface area contributed by atoms with Crippen LogP contribution >= 0.6 is 0 Å². The molecule has 34 heavy (non-hydrogen) atoms. The molecule has 1 aromatic heterocycles. The molecular weight excluding hydrogens is 432 g/mol. The van der Waals surface area contributed by atoms with Gasteiger partial charge in [-0.1, -0.05) is 18.2 Å². The van der Waals surface area contributed by atoms with E-state index in [1.165, 1.54) is 12.2 Å². The number of methoxy groups -OCH3 is 2. The van der Waals surface area contributed by atoms with Crippen molar-refractivity contribution in [1.29, 1.82) is 0 Å². The standard InChI is InChI=1S/2C14H16O3/c1-8-6-9(2)13(12(7-8)17-3)14-10(15)4-5-11(14)16;1-9-7-10(2)13(12(8-9)16-3)14(15)11-5-4-6-17-11/h4-7,10,14-15H,1-3H3;4-8,14-15H,1-3H3. The second-order valence-corrected chi connectivity index (χ2v) is 8.54. The summed E-state index contributed by atoms with van der Waals surface area (Å²) in [6.07, 6.45) is 2.98. The summed E-state index contributed by atoms with van der Waals surface area (Å²) >= 11 is 0. The minimum atomic E-state index is -0.791. The summed E-state index contributed by atoms with van der Waals surface area (Å²) in [5, 5.41) is 20.2. The van der Waals surface area contributed by atoms with Crippen molar-refractivity contribution in [3.63, 3.8) is 0 Å². The van der Waals surface area contributed by atoms with E-state index in [1.54, 1.807) is 32.6 Å². The van der Waals surface area contributed by atoms with Gasteiger partial charge < -0.3 is 24.1 Å². The van der Waals surface area contributed by atoms with Gasteiger partial charge in [-0.05, 0) is 80.3 Å². The predicted octanol–water partition coefficient (Wildman–Crippen LogP) is 4.88. The smallest absolute Gasteiger partial charge is 0.165 e. The third-order valence-electron chi connectivity index (χ3n) is 5.93. The molecule has 0 saturated carbocycles. The van der Waals surface area contributed by atoms with E-state index in [9.17, 15) is 15.0 Å². The zero-order valence-corrected chi connectivity index (χ0v) is 20.5. The van der Waals surface area contributed by atoms with Crippen molar-refractivity contribution in [2.45, 2.75) is 45.8 Å². The van der Waals surface area contributed by atoms with Crippen LogP contribution in [0, 0.1) is 27.7 Å². The number of carbonyl (C=O) groups is 1. The molecule has 0 amide bonds. The number of furan rings is 1. The first kappa shape index (κ1) is 25.3. The molecule has 0 saturated heterocycles. The summed E-state index contributed by atoms with van der Waals surface area (Å²) in [4.78, 5) is 11.8. The predicted molar refractivity (Wildman–Crippen MR) is 131 cm³/mol. The molecule has 0 aliphatic heterocycles. The molecule has 4 rings (SSSR count). The van der Waals surface area contributed by atoms with Crippen molar-refractivity contribution in [2.24, 2.45) is 0 Å². The maximum atomic E-state index is 11.8. The van der Waals surface area contributed by atoms with Crippen LogP contribution in [-0.4, -0.2) is 36.3 Å². The van der Waals surface area contributed by atoms with Crippen LogP contribution in [0.15, 0.2) is 59.2 Å². The Morgan fingerprint density at radius 3 is 2.09 bits per heavy atom. The Morgan fingerprint density at radius 2 is 1.56 bits per heavy atom. The Hall–Kier alpha value is -3.35. The number of aliphatic hydroxyl groups is 2. The lowest BCUT2D eigenvalue weighted by atomic mass is 9.88. The van der Waals surface area contributed by atoms with Crippen molar-refractivity contribution >= 4 is 5.78 Å². The lowest BCUT2D eigenvalue weighted by Gasteiger charge is -2.20. The molecule has 0 bridgehead atoms. The fourth-order valence-corrected chi connectivity index (χ4v) is 4.44. The first-order valence-corrected chi connectivity index (χ1v) is 11.1. The lowest BCUT2D eigenvalue weighted by Crippen LogP contribution is -2.19. The van der Waals surface area contributed by atoms with Gasteiger partial charge in [-0.15, -0.1) is 0 Å². The van der Waals surface area contributed by atoms with E-state index in [1.807, 2.05) is 52.0 Å². The van der Waals surface area contributed by atoms with Gasteiger partial charge in [0.15, 0.2) is 5.78 Å². The fraction of sp³-hybridized carbons (Fsp3) is 0.321. The van der Waals surface area contributed by atoms with E-state index in [2.05, 4.69) is 0 Å². The van der Waals surface area contributed by atoms with Gasteiger partial charge in [-0.3, -0.25) is 4.79 Å². The third-order valence-corrected chi connectivity index (χ3v) is 5.93. The largest absolute Gasteiger partial charge is 0.496 e. The monoisotopic (exact) mass is 464 g/mol. The number of allylic oxidation sites excluding steroid dienone is 1. The van der Waals surface area contributed by atoms with E-state index in [0.29, 0.717) is 17.3 Å². The van der Waals surface area contributed by atoms with Gasteiger partial charge in [-0.25, -0.2) is 0 Å². The molecule has 3 unspecified atom stereocenters. The second kappa shape index (κ2) is 10.7. The number of aryl methyl sites for hydroxylation is 4. The molecule has 1 aliphatic rings. The number of carbonyl (C=O) groups excluding carboxylic acids is 1. The number of aliphatic hydroxyl groups excluding tert-OH is 2. The van der Waals surface area contributed by atoms with E-state index >= 15 is 0 Å². The lowest BCUT2D eigenvalue weighted by molar-refractivity contribution is -0.116. The topological polar surface area (TPSA) is 89.1 Å². The molecule has 1 aliphatic carbocycles. The maximum Gasteiger partial charge on any atom is 0.165 e. The van der Waals surface area contributed by atoms with Gasteiger partial charge in [0.05, 0.1) is 32.5 Å². The molecule has 1 heterocycles. The third kappa shape index (κ3) is 5.24. The van der Waals surface area contributed by atoms with Gasteiger partial charge in [-0.2, -0.15) is 0 Å². The zero-order valence-electron chi connectivity index (χ0n) is 20.5. The minimum absolute atomic E-state index is 0.0669. The molecule has 180 valence electrons. The van der Waals surface area contributed by atoms with Crippen LogP contribution < -0.4 is 9.47 Å². The van der Waals surface area contributed by atoms with Gasteiger partial charge in [0, 0.05) is 11.1 Å². The highest BCUT2D eigenvalue weighted by molar-refractivity contribution is 5.99. The van der Waals surface area contributed by atoms with Gasteiger partial charge in [0.1, 0.15) is 23.4 Å². The molecule has 6 heteroatoms. The average molecular weight is 465 g/mol. The summed E-state index contributed by atoms with van der Waals surface area (Å²) in [5.41, 5.74) is 5.70. The molecule has 6 nitrogen and oxygen atoms in total. The van der Waals surface area contributed by atoms with Gasteiger partial charge in [0.25, 0.3) is 0 Å². The van der Waals surface area contributed by atoms with Crippen molar-refractivity contribution in [3.05, 3.63) is 94.0 Å². The van der Waals surface area contributed by atoms with Crippen molar-refractivity contribution in [1.82, 2.24) is 0 Å². The van der Waals surface area contributed by atoms with Crippen LogP contribution in [0.2, 0.25) is 0 Å². The summed E-state index contributed by atoms with van der Waals surface area (Å²) in [5.74, 6) is 1.29. The fourth-order valence-electron chi connectivity index (χ4n) is 4.44. The van der Waals surface area contributed by atoms with Crippen LogP contribution in [0.4, 0.5) is 0 Å². The van der Waals surface area contributed by atoms with E-state index in [-0.39, 0.29) is 5.78 Å². The highest BCUT2D eigenvalue weighted by Gasteiger charge is 2.33. The molecule has 3 atom stereocenters. The van der Waals surface area contributed by atoms with E-state index in [0.717, 1.165) is 33.4 Å². The van der Waals surface area contributed by atoms with Crippen LogP contribution in [0.5, 0.6) is 11.5 Å². The Kier molecular flexibility index (Phi) is 7.97. The van der Waals surface area contributed by atoms with Gasteiger partial charge in [0.2, 0.25) is 0 Å². The van der Waals surface area contributed by atoms with E-state index < -0.39 is 18.1 Å². The SMILES string of the molecule is COc1cc(C)cc(C)c1C(O)c1ccco1.COc1cc(C)cc(C)c1C1C(=O)C=CC1O. The summed E-state index contributed by atoms with van der Waals surface area (Å²) in [7, 11) is 3.18. The maximum absolute atomic E-state index is 11.8. The molecule has 2 N–H and O–H groups in total. The first-order valence-electron chi connectivity index (χ1n) is 11.1. The Morgan fingerprint density at radius 1 is 0.941 bits per heavy atom. The average Bonchev–Trinajstić information content (AvgIpc) is 3.43. The Balaban J connectivity index is 0.000000191. The molecule has 0 radical (unpaired) electrons. The van der Waals surface area contributed by atoms with Crippen molar-refractivity contribution in [3.8, 4) is 11.5 Å². The zero-order chi connectivity index (χ0) is 25.0. The van der Waals surface area contributed by atoms with E-state index in [4.69, 9.17) is 13.9 Å². The van der Waals surface area contributed by atoms with Crippen LogP contribution in [0.3, 0.4) is 0 Å². The number of ether oxygens (including phenoxy) is 2. The number of benzene rings is 2. The van der Waals surface area contributed by atoms with Crippen LogP contribution in [0.25, 0.3) is 0 Å². The summed E-state index contributed by atoms with van der Waals surface area (Å²) < 4.78 is 15.9. The highest BCUT2D eigenvalue weighted by atomic mass is 16.5. The van der Waals surface area contributed by atoms with Crippen LogP contribution in [-0.2, 0) is 4.79 Å². The van der Waals surface area contributed by atoms with Crippen molar-refractivity contribution < 1.29 is 28.9 Å². The summed E-state index contributed by atoms with van der Waals surface area (Å²) in [6, 6.07) is 11.3. The number of rotatable bonds is 5. The number of ketones is 1.